The lowest BCUT2D eigenvalue weighted by atomic mass is 10.2. The van der Waals surface area contributed by atoms with Gasteiger partial charge in [-0.25, -0.2) is 14.0 Å². The van der Waals surface area contributed by atoms with Crippen LogP contribution in [0.5, 0.6) is 0 Å². The summed E-state index contributed by atoms with van der Waals surface area (Å²) in [7, 11) is 0. The first-order valence-corrected chi connectivity index (χ1v) is 10.8. The van der Waals surface area contributed by atoms with Gasteiger partial charge in [0.1, 0.15) is 23.8 Å². The third-order valence-electron chi connectivity index (χ3n) is 5.34. The first kappa shape index (κ1) is 22.7. The van der Waals surface area contributed by atoms with E-state index < -0.39 is 23.6 Å². The van der Waals surface area contributed by atoms with Gasteiger partial charge >= 0.3 is 12.2 Å². The monoisotopic (exact) mass is 461 g/mol. The number of aromatic nitrogens is 1. The number of piperazine rings is 1. The summed E-state index contributed by atoms with van der Waals surface area (Å²) in [6.07, 6.45) is 0.146. The van der Waals surface area contributed by atoms with E-state index in [-0.39, 0.29) is 12.6 Å². The number of hydrogen-bond donors (Lipinski definition) is 1. The Morgan fingerprint density at radius 3 is 2.64 bits per heavy atom. The van der Waals surface area contributed by atoms with Crippen LogP contribution in [0.25, 0.3) is 0 Å². The Hall–Kier alpha value is -3.50. The maximum absolute atomic E-state index is 15.0. The van der Waals surface area contributed by atoms with Crippen molar-refractivity contribution in [3.05, 3.63) is 36.3 Å². The smallest absolute Gasteiger partial charge is 0.414 e. The number of amides is 2. The van der Waals surface area contributed by atoms with Crippen LogP contribution in [0.4, 0.5) is 31.2 Å². The van der Waals surface area contributed by atoms with Gasteiger partial charge in [-0.15, -0.1) is 0 Å². The van der Waals surface area contributed by atoms with Crippen LogP contribution in [0, 0.1) is 5.82 Å². The Morgan fingerprint density at radius 2 is 2.00 bits per heavy atom. The molecule has 2 aromatic rings. The molecule has 11 heteroatoms. The van der Waals surface area contributed by atoms with E-state index in [0.29, 0.717) is 49.9 Å². The summed E-state index contributed by atoms with van der Waals surface area (Å²) >= 11 is 0. The second-order valence-corrected chi connectivity index (χ2v) is 8.97. The highest BCUT2D eigenvalue weighted by molar-refractivity contribution is 5.90. The molecule has 1 unspecified atom stereocenters. The zero-order valence-corrected chi connectivity index (χ0v) is 18.9. The summed E-state index contributed by atoms with van der Waals surface area (Å²) in [6.45, 7) is 7.96. The lowest BCUT2D eigenvalue weighted by molar-refractivity contribution is 0.0240. The number of cyclic esters (lactones) is 1. The van der Waals surface area contributed by atoms with Crippen molar-refractivity contribution >= 4 is 29.4 Å². The lowest BCUT2D eigenvalue weighted by Gasteiger charge is -2.37. The van der Waals surface area contributed by atoms with E-state index in [1.54, 1.807) is 23.1 Å². The number of carbonyl (C=O) groups is 2. The Labute approximate surface area is 191 Å². The summed E-state index contributed by atoms with van der Waals surface area (Å²) in [5.74, 6) is 0.113. The molecule has 3 heterocycles. The highest BCUT2D eigenvalue weighted by Crippen LogP contribution is 2.29. The fraction of sp³-hybridized carbons (Fsp3) is 0.500. The van der Waals surface area contributed by atoms with Crippen molar-refractivity contribution in [2.75, 3.05) is 54.4 Å². The molecule has 33 heavy (non-hydrogen) atoms. The van der Waals surface area contributed by atoms with Crippen LogP contribution in [-0.2, 0) is 9.47 Å². The number of nitrogens with one attached hydrogen (secondary N) is 1. The summed E-state index contributed by atoms with van der Waals surface area (Å²) in [5, 5.41) is 6.77. The van der Waals surface area contributed by atoms with Crippen molar-refractivity contribution in [1.82, 2.24) is 10.1 Å². The molecule has 1 atom stereocenters. The highest BCUT2D eigenvalue weighted by Gasteiger charge is 2.33. The molecule has 0 saturated carbocycles. The molecular formula is C22H28FN5O5. The molecule has 4 rings (SSSR count). The molecule has 0 aliphatic carbocycles. The number of carbonyl (C=O) groups excluding carboxylic acids is 2. The van der Waals surface area contributed by atoms with Crippen LogP contribution in [0.3, 0.4) is 0 Å². The summed E-state index contributed by atoms with van der Waals surface area (Å²) in [4.78, 5) is 29.5. The van der Waals surface area contributed by atoms with Crippen LogP contribution in [-0.4, -0.2) is 73.2 Å². The van der Waals surface area contributed by atoms with E-state index in [4.69, 9.17) is 14.0 Å². The lowest BCUT2D eigenvalue weighted by Crippen LogP contribution is -2.50. The first-order chi connectivity index (χ1) is 15.7. The summed E-state index contributed by atoms with van der Waals surface area (Å²) in [6, 6.07) is 6.36. The molecule has 1 N–H and O–H groups in total. The Balaban J connectivity index is 1.34. The maximum atomic E-state index is 15.0. The van der Waals surface area contributed by atoms with E-state index in [1.165, 1.54) is 17.2 Å². The second-order valence-electron chi connectivity index (χ2n) is 8.97. The van der Waals surface area contributed by atoms with Gasteiger partial charge in [-0.1, -0.05) is 5.16 Å². The standard InChI is InChI=1S/C22H28FN5O5/c1-22(2,3)33-20(29)27-9-7-26(8-10-27)18-5-4-15(12-17(18)23)28-14-16(32-21(28)30)13-24-19-6-11-31-25-19/h4-6,11-12,16H,7-10,13-14H2,1-3H3,(H,24,25). The molecule has 10 nitrogen and oxygen atoms in total. The molecule has 1 aromatic carbocycles. The molecule has 178 valence electrons. The van der Waals surface area contributed by atoms with Gasteiger partial charge in [-0.2, -0.15) is 0 Å². The molecule has 0 radical (unpaired) electrons. The molecule has 2 aliphatic heterocycles. The molecule has 1 aromatic heterocycles. The number of nitrogens with zero attached hydrogens (tertiary/aromatic N) is 4. The van der Waals surface area contributed by atoms with E-state index in [2.05, 4.69) is 10.5 Å². The van der Waals surface area contributed by atoms with Crippen molar-refractivity contribution < 1.29 is 28.0 Å². The maximum Gasteiger partial charge on any atom is 0.414 e. The van der Waals surface area contributed by atoms with E-state index in [1.807, 2.05) is 25.7 Å². The minimum atomic E-state index is -0.557. The van der Waals surface area contributed by atoms with E-state index in [0.717, 1.165) is 0 Å². The van der Waals surface area contributed by atoms with Crippen LogP contribution in [0.15, 0.2) is 35.1 Å². The normalized spacial score (nSPS) is 19.0. The van der Waals surface area contributed by atoms with Gasteiger partial charge in [0.2, 0.25) is 0 Å². The average Bonchev–Trinajstić information content (AvgIpc) is 3.40. The molecule has 0 spiro atoms. The fourth-order valence-corrected chi connectivity index (χ4v) is 3.74. The average molecular weight is 461 g/mol. The van der Waals surface area contributed by atoms with Crippen molar-refractivity contribution in [1.29, 1.82) is 0 Å². The molecule has 2 aliphatic rings. The number of ether oxygens (including phenoxy) is 2. The van der Waals surface area contributed by atoms with Gasteiger partial charge in [0.25, 0.3) is 0 Å². The van der Waals surface area contributed by atoms with Gasteiger partial charge < -0.3 is 29.1 Å². The molecule has 2 saturated heterocycles. The largest absolute Gasteiger partial charge is 0.444 e. The molecule has 0 bridgehead atoms. The highest BCUT2D eigenvalue weighted by atomic mass is 19.1. The van der Waals surface area contributed by atoms with Gasteiger partial charge in [-0.05, 0) is 39.0 Å². The second kappa shape index (κ2) is 9.16. The van der Waals surface area contributed by atoms with Gasteiger partial charge in [0, 0.05) is 32.2 Å². The third-order valence-corrected chi connectivity index (χ3v) is 5.34. The Morgan fingerprint density at radius 1 is 1.24 bits per heavy atom. The van der Waals surface area contributed by atoms with Crippen LogP contribution in [0.2, 0.25) is 0 Å². The van der Waals surface area contributed by atoms with Crippen molar-refractivity contribution in [2.45, 2.75) is 32.5 Å². The SMILES string of the molecule is CC(C)(C)OC(=O)N1CCN(c2ccc(N3CC(CNc4ccon4)OC3=O)cc2F)CC1. The van der Waals surface area contributed by atoms with Gasteiger partial charge in [0.15, 0.2) is 5.82 Å². The van der Waals surface area contributed by atoms with Crippen molar-refractivity contribution in [3.63, 3.8) is 0 Å². The number of benzene rings is 1. The number of anilines is 3. The van der Waals surface area contributed by atoms with Gasteiger partial charge in [-0.3, -0.25) is 4.90 Å². The topological polar surface area (TPSA) is 100 Å². The Bertz CT molecular complexity index is 986. The minimum Gasteiger partial charge on any atom is -0.444 e. The third kappa shape index (κ3) is 5.47. The number of hydrogen-bond acceptors (Lipinski definition) is 8. The predicted octanol–water partition coefficient (Wildman–Crippen LogP) is 3.31. The molecule has 2 fully saturated rings. The zero-order valence-electron chi connectivity index (χ0n) is 18.9. The Kier molecular flexibility index (Phi) is 6.30. The summed E-state index contributed by atoms with van der Waals surface area (Å²) < 4.78 is 30.5. The van der Waals surface area contributed by atoms with E-state index >= 15 is 0 Å². The molecule has 2 amide bonds. The van der Waals surface area contributed by atoms with Crippen molar-refractivity contribution in [3.8, 4) is 0 Å². The fourth-order valence-electron chi connectivity index (χ4n) is 3.74. The van der Waals surface area contributed by atoms with Crippen LogP contribution >= 0.6 is 0 Å². The van der Waals surface area contributed by atoms with Crippen molar-refractivity contribution in [2.24, 2.45) is 0 Å². The number of halogens is 1. The number of rotatable bonds is 5. The molecular weight excluding hydrogens is 433 g/mol. The quantitative estimate of drug-likeness (QED) is 0.724. The van der Waals surface area contributed by atoms with Gasteiger partial charge in [0.05, 0.1) is 24.5 Å². The van der Waals surface area contributed by atoms with Crippen LogP contribution in [0.1, 0.15) is 20.8 Å². The predicted molar refractivity (Wildman–Crippen MR) is 119 cm³/mol. The first-order valence-electron chi connectivity index (χ1n) is 10.8. The van der Waals surface area contributed by atoms with E-state index in [9.17, 15) is 14.0 Å². The van der Waals surface area contributed by atoms with Crippen LogP contribution < -0.4 is 15.1 Å². The minimum absolute atomic E-state index is 0.289. The zero-order chi connectivity index (χ0) is 23.6. The summed E-state index contributed by atoms with van der Waals surface area (Å²) in [5.41, 5.74) is 0.301.